The van der Waals surface area contributed by atoms with Crippen LogP contribution in [0.25, 0.3) is 10.9 Å². The van der Waals surface area contributed by atoms with Gasteiger partial charge in [0, 0.05) is 29.6 Å². The Morgan fingerprint density at radius 1 is 0.971 bits per heavy atom. The van der Waals surface area contributed by atoms with Crippen LogP contribution in [0.3, 0.4) is 0 Å². The highest BCUT2D eigenvalue weighted by Crippen LogP contribution is 2.38. The number of nitrogens with one attached hydrogen (secondary N) is 1. The average Bonchev–Trinajstić information content (AvgIpc) is 3.20. The van der Waals surface area contributed by atoms with E-state index in [0.29, 0.717) is 28.8 Å². The van der Waals surface area contributed by atoms with E-state index in [4.69, 9.17) is 14.5 Å². The number of nitrogens with zero attached hydrogens (tertiary/aromatic N) is 2. The summed E-state index contributed by atoms with van der Waals surface area (Å²) in [4.78, 5) is 10.5. The van der Waals surface area contributed by atoms with Gasteiger partial charge in [-0.2, -0.15) is 0 Å². The van der Waals surface area contributed by atoms with Crippen LogP contribution in [0.4, 0.5) is 5.69 Å². The quantitative estimate of drug-likeness (QED) is 0.282. The van der Waals surface area contributed by atoms with Crippen LogP contribution in [0.5, 0.6) is 17.4 Å². The molecule has 6 heteroatoms. The molecule has 6 nitrogen and oxygen atoms in total. The van der Waals surface area contributed by atoms with Gasteiger partial charge >= 0.3 is 0 Å². The van der Waals surface area contributed by atoms with E-state index in [-0.39, 0.29) is 5.88 Å². The molecule has 0 fully saturated rings. The summed E-state index contributed by atoms with van der Waals surface area (Å²) in [6, 6.07) is 22.4. The van der Waals surface area contributed by atoms with Gasteiger partial charge in [0.2, 0.25) is 0 Å². The maximum absolute atomic E-state index is 11.0. The van der Waals surface area contributed by atoms with Crippen LogP contribution in [-0.2, 0) is 6.54 Å². The number of methoxy groups -OCH3 is 2. The highest BCUT2D eigenvalue weighted by atomic mass is 16.5. The fraction of sp³-hybridized carbons (Fsp3) is 0.276. The zero-order chi connectivity index (χ0) is 24.9. The number of hydrogen-bond acceptors (Lipinski definition) is 5. The molecule has 0 spiro atoms. The minimum Gasteiger partial charge on any atom is -0.494 e. The van der Waals surface area contributed by atoms with E-state index < -0.39 is 0 Å². The Morgan fingerprint density at radius 3 is 2.23 bits per heavy atom. The van der Waals surface area contributed by atoms with Crippen molar-refractivity contribution >= 4 is 22.3 Å². The number of ether oxygens (including phenoxy) is 2. The SMILES string of the molecule is CCN(Cc1ccc(N=C(c2ccccc2)c2c(O)[nH]c3cc(OC)c(OC)cc23)cc1)C(C)C. The third-order valence-electron chi connectivity index (χ3n) is 6.27. The molecule has 1 aromatic heterocycles. The van der Waals surface area contributed by atoms with E-state index in [2.05, 4.69) is 42.8 Å². The van der Waals surface area contributed by atoms with E-state index in [1.54, 1.807) is 14.2 Å². The summed E-state index contributed by atoms with van der Waals surface area (Å²) in [5.74, 6) is 1.22. The molecule has 0 amide bonds. The number of aromatic nitrogens is 1. The fourth-order valence-electron chi connectivity index (χ4n) is 4.31. The Bertz CT molecular complexity index is 1310. The van der Waals surface area contributed by atoms with Crippen molar-refractivity contribution < 1.29 is 14.6 Å². The summed E-state index contributed by atoms with van der Waals surface area (Å²) < 4.78 is 11.0. The van der Waals surface area contributed by atoms with Crippen LogP contribution in [0.2, 0.25) is 0 Å². The van der Waals surface area contributed by atoms with Gasteiger partial charge in [0.1, 0.15) is 0 Å². The lowest BCUT2D eigenvalue weighted by Crippen LogP contribution is -2.29. The molecule has 182 valence electrons. The topological polar surface area (TPSA) is 70.1 Å². The van der Waals surface area contributed by atoms with Crippen molar-refractivity contribution in [3.8, 4) is 17.4 Å². The lowest BCUT2D eigenvalue weighted by Gasteiger charge is -2.24. The molecule has 0 radical (unpaired) electrons. The fourth-order valence-corrected chi connectivity index (χ4v) is 4.31. The molecule has 0 saturated heterocycles. The average molecular weight is 472 g/mol. The highest BCUT2D eigenvalue weighted by molar-refractivity contribution is 6.22. The van der Waals surface area contributed by atoms with E-state index in [9.17, 15) is 5.11 Å². The first-order valence-corrected chi connectivity index (χ1v) is 11.9. The minimum atomic E-state index is 0.0463. The maximum Gasteiger partial charge on any atom is 0.199 e. The molecular formula is C29H33N3O3. The van der Waals surface area contributed by atoms with Crippen molar-refractivity contribution in [1.29, 1.82) is 0 Å². The molecule has 0 bridgehead atoms. The Morgan fingerprint density at radius 2 is 1.63 bits per heavy atom. The molecule has 4 rings (SSSR count). The van der Waals surface area contributed by atoms with Gasteiger partial charge in [-0.1, -0.05) is 49.4 Å². The molecule has 0 atom stereocenters. The van der Waals surface area contributed by atoms with Crippen LogP contribution in [-0.4, -0.2) is 47.5 Å². The first kappa shape index (κ1) is 24.4. The second-order valence-electron chi connectivity index (χ2n) is 8.75. The number of aliphatic imine (C=N–C) groups is 1. The van der Waals surface area contributed by atoms with Crippen molar-refractivity contribution in [3.05, 3.63) is 83.4 Å². The third kappa shape index (κ3) is 5.17. The van der Waals surface area contributed by atoms with E-state index in [0.717, 1.165) is 35.2 Å². The molecule has 2 N–H and O–H groups in total. The molecule has 1 heterocycles. The Balaban J connectivity index is 1.81. The van der Waals surface area contributed by atoms with Crippen LogP contribution in [0, 0.1) is 0 Å². The van der Waals surface area contributed by atoms with Crippen molar-refractivity contribution in [2.75, 3.05) is 20.8 Å². The Labute approximate surface area is 206 Å². The lowest BCUT2D eigenvalue weighted by atomic mass is 10.0. The number of rotatable bonds is 9. The minimum absolute atomic E-state index is 0.0463. The largest absolute Gasteiger partial charge is 0.494 e. The number of H-pyrrole nitrogens is 1. The number of aromatic hydroxyl groups is 1. The Hall–Kier alpha value is -3.77. The number of fused-ring (bicyclic) bond motifs is 1. The van der Waals surface area contributed by atoms with Crippen molar-refractivity contribution in [1.82, 2.24) is 9.88 Å². The molecule has 0 aliphatic heterocycles. The number of benzene rings is 3. The van der Waals surface area contributed by atoms with Gasteiger partial charge in [0.05, 0.1) is 36.7 Å². The summed E-state index contributed by atoms with van der Waals surface area (Å²) in [6.07, 6.45) is 0. The van der Waals surface area contributed by atoms with Crippen LogP contribution < -0.4 is 9.47 Å². The van der Waals surface area contributed by atoms with Crippen LogP contribution in [0.1, 0.15) is 37.5 Å². The summed E-state index contributed by atoms with van der Waals surface area (Å²) in [5, 5.41) is 11.8. The normalized spacial score (nSPS) is 12.0. The second kappa shape index (κ2) is 10.7. The van der Waals surface area contributed by atoms with Gasteiger partial charge in [-0.15, -0.1) is 0 Å². The summed E-state index contributed by atoms with van der Waals surface area (Å²) in [7, 11) is 3.19. The smallest absolute Gasteiger partial charge is 0.199 e. The first-order chi connectivity index (χ1) is 16.9. The molecule has 3 aromatic carbocycles. The number of hydrogen-bond donors (Lipinski definition) is 2. The molecule has 0 saturated carbocycles. The van der Waals surface area contributed by atoms with Gasteiger partial charge in [0.25, 0.3) is 0 Å². The first-order valence-electron chi connectivity index (χ1n) is 11.9. The molecule has 35 heavy (non-hydrogen) atoms. The van der Waals surface area contributed by atoms with Gasteiger partial charge < -0.3 is 19.6 Å². The monoisotopic (exact) mass is 471 g/mol. The van der Waals surface area contributed by atoms with Crippen molar-refractivity contribution in [3.63, 3.8) is 0 Å². The molecular weight excluding hydrogens is 438 g/mol. The molecule has 0 unspecified atom stereocenters. The zero-order valence-corrected chi connectivity index (χ0v) is 21.0. The number of aromatic amines is 1. The second-order valence-corrected chi connectivity index (χ2v) is 8.75. The highest BCUT2D eigenvalue weighted by Gasteiger charge is 2.21. The van der Waals surface area contributed by atoms with Gasteiger partial charge in [0.15, 0.2) is 17.4 Å². The molecule has 0 aliphatic rings. The summed E-state index contributed by atoms with van der Waals surface area (Å²) in [5.41, 5.74) is 4.99. The molecule has 0 aliphatic carbocycles. The van der Waals surface area contributed by atoms with E-state index in [1.807, 2.05) is 54.6 Å². The van der Waals surface area contributed by atoms with E-state index >= 15 is 0 Å². The van der Waals surface area contributed by atoms with Crippen LogP contribution in [0.15, 0.2) is 71.7 Å². The summed E-state index contributed by atoms with van der Waals surface area (Å²) >= 11 is 0. The van der Waals surface area contributed by atoms with Crippen molar-refractivity contribution in [2.24, 2.45) is 4.99 Å². The summed E-state index contributed by atoms with van der Waals surface area (Å²) in [6.45, 7) is 8.51. The van der Waals surface area contributed by atoms with Crippen molar-refractivity contribution in [2.45, 2.75) is 33.4 Å². The lowest BCUT2D eigenvalue weighted by molar-refractivity contribution is 0.225. The van der Waals surface area contributed by atoms with Gasteiger partial charge in [-0.25, -0.2) is 4.99 Å². The third-order valence-corrected chi connectivity index (χ3v) is 6.27. The van der Waals surface area contributed by atoms with Gasteiger partial charge in [-0.05, 0) is 44.2 Å². The van der Waals surface area contributed by atoms with Gasteiger partial charge in [-0.3, -0.25) is 4.90 Å². The van der Waals surface area contributed by atoms with Crippen LogP contribution >= 0.6 is 0 Å². The molecule has 4 aromatic rings. The maximum atomic E-state index is 11.0. The van der Waals surface area contributed by atoms with E-state index in [1.165, 1.54) is 5.56 Å². The predicted molar refractivity (Wildman–Crippen MR) is 142 cm³/mol. The zero-order valence-electron chi connectivity index (χ0n) is 21.0. The predicted octanol–water partition coefficient (Wildman–Crippen LogP) is 6.29. The standard InChI is InChI=1S/C29H33N3O3/c1-6-32(19(2)3)18-20-12-14-22(15-13-20)30-28(21-10-8-7-9-11-21)27-23-16-25(34-4)26(35-5)17-24(23)31-29(27)33/h7-17,19,31,33H,6,18H2,1-5H3. The Kier molecular flexibility index (Phi) is 7.42.